The summed E-state index contributed by atoms with van der Waals surface area (Å²) in [5.41, 5.74) is 8.08. The van der Waals surface area contributed by atoms with Crippen molar-refractivity contribution < 1.29 is 14.1 Å². The van der Waals surface area contributed by atoms with Crippen LogP contribution in [0.2, 0.25) is 0 Å². The molecule has 2 heterocycles. The maximum atomic E-state index is 12.7. The predicted octanol–water partition coefficient (Wildman–Crippen LogP) is 4.05. The van der Waals surface area contributed by atoms with E-state index in [1.807, 2.05) is 23.6 Å². The minimum Gasteiger partial charge on any atom is -0.380 e. The van der Waals surface area contributed by atoms with Crippen LogP contribution >= 0.6 is 11.3 Å². The Morgan fingerprint density at radius 3 is 2.76 bits per heavy atom. The van der Waals surface area contributed by atoms with Gasteiger partial charge in [-0.1, -0.05) is 23.4 Å². The highest BCUT2D eigenvalue weighted by Crippen LogP contribution is 2.25. The summed E-state index contributed by atoms with van der Waals surface area (Å²) in [4.78, 5) is 24.7. The highest BCUT2D eigenvalue weighted by molar-refractivity contribution is 7.14. The van der Waals surface area contributed by atoms with E-state index >= 15 is 0 Å². The van der Waals surface area contributed by atoms with Crippen LogP contribution in [-0.2, 0) is 6.54 Å². The van der Waals surface area contributed by atoms with E-state index in [0.717, 1.165) is 10.6 Å². The summed E-state index contributed by atoms with van der Waals surface area (Å²) in [5.74, 6) is -0.161. The smallest absolute Gasteiger partial charge is 0.320 e. The Morgan fingerprint density at radius 1 is 1.07 bits per heavy atom. The standard InChI is InChI=1S/C20H17N5O3S/c21-18-17-14(6-2-7-15(17)28-25-18)19(26)23-13-5-1-4-12(10-13)11-22-20(27)24-16-8-3-9-29-16/h1-10H,11H2,(H2,21,25)(H,23,26)(H2,22,24,27). The highest BCUT2D eigenvalue weighted by Gasteiger charge is 2.16. The Kier molecular flexibility index (Phi) is 5.12. The molecule has 0 fully saturated rings. The molecule has 3 amide bonds. The minimum absolute atomic E-state index is 0.167. The van der Waals surface area contributed by atoms with Gasteiger partial charge in [-0.05, 0) is 47.3 Å². The van der Waals surface area contributed by atoms with E-state index < -0.39 is 0 Å². The second-order valence-corrected chi connectivity index (χ2v) is 7.13. The second kappa shape index (κ2) is 8.03. The number of hydrogen-bond acceptors (Lipinski definition) is 6. The lowest BCUT2D eigenvalue weighted by molar-refractivity contribution is 0.102. The van der Waals surface area contributed by atoms with Gasteiger partial charge in [-0.15, -0.1) is 11.3 Å². The number of carbonyl (C=O) groups excluding carboxylic acids is 2. The number of nitrogens with zero attached hydrogens (tertiary/aromatic N) is 1. The molecule has 4 aromatic rings. The van der Waals surface area contributed by atoms with E-state index in [0.29, 0.717) is 28.8 Å². The van der Waals surface area contributed by atoms with Crippen molar-refractivity contribution in [3.05, 3.63) is 71.1 Å². The van der Waals surface area contributed by atoms with Gasteiger partial charge >= 0.3 is 6.03 Å². The summed E-state index contributed by atoms with van der Waals surface area (Å²) >= 11 is 1.44. The minimum atomic E-state index is -0.328. The molecule has 9 heteroatoms. The molecule has 0 aliphatic carbocycles. The van der Waals surface area contributed by atoms with Gasteiger partial charge in [-0.25, -0.2) is 4.79 Å². The molecular formula is C20H17N5O3S. The second-order valence-electron chi connectivity index (χ2n) is 6.19. The average Bonchev–Trinajstić information content (AvgIpc) is 3.36. The molecule has 0 unspecified atom stereocenters. The predicted molar refractivity (Wildman–Crippen MR) is 113 cm³/mol. The van der Waals surface area contributed by atoms with E-state index in [2.05, 4.69) is 21.1 Å². The van der Waals surface area contributed by atoms with E-state index in [9.17, 15) is 9.59 Å². The van der Waals surface area contributed by atoms with Crippen molar-refractivity contribution in [2.75, 3.05) is 16.4 Å². The molecule has 0 saturated heterocycles. The number of rotatable bonds is 5. The summed E-state index contributed by atoms with van der Waals surface area (Å²) in [7, 11) is 0. The molecule has 8 nitrogen and oxygen atoms in total. The monoisotopic (exact) mass is 407 g/mol. The number of nitrogens with one attached hydrogen (secondary N) is 3. The molecule has 0 spiro atoms. The molecule has 29 heavy (non-hydrogen) atoms. The summed E-state index contributed by atoms with van der Waals surface area (Å²) < 4.78 is 5.10. The fourth-order valence-electron chi connectivity index (χ4n) is 2.85. The van der Waals surface area contributed by atoms with E-state index in [4.69, 9.17) is 10.3 Å². The zero-order valence-electron chi connectivity index (χ0n) is 15.1. The van der Waals surface area contributed by atoms with Gasteiger partial charge in [0.1, 0.15) is 0 Å². The summed E-state index contributed by atoms with van der Waals surface area (Å²) in [5, 5.41) is 15.2. The van der Waals surface area contributed by atoms with Crippen molar-refractivity contribution in [1.82, 2.24) is 10.5 Å². The van der Waals surface area contributed by atoms with Crippen molar-refractivity contribution in [2.24, 2.45) is 0 Å². The lowest BCUT2D eigenvalue weighted by Crippen LogP contribution is -2.27. The number of thiophene rings is 1. The topological polar surface area (TPSA) is 122 Å². The Bertz CT molecular complexity index is 1170. The zero-order chi connectivity index (χ0) is 20.2. The molecular weight excluding hydrogens is 390 g/mol. The van der Waals surface area contributed by atoms with Crippen LogP contribution in [-0.4, -0.2) is 17.1 Å². The van der Waals surface area contributed by atoms with E-state index in [1.54, 1.807) is 36.4 Å². The SMILES string of the molecule is Nc1noc2cccc(C(=O)Nc3cccc(CNC(=O)Nc4cccs4)c3)c12. The molecule has 146 valence electrons. The van der Waals surface area contributed by atoms with Crippen LogP contribution in [0.25, 0.3) is 11.0 Å². The van der Waals surface area contributed by atoms with Crippen molar-refractivity contribution >= 4 is 50.8 Å². The molecule has 0 aliphatic rings. The molecule has 2 aromatic carbocycles. The lowest BCUT2D eigenvalue weighted by atomic mass is 10.1. The van der Waals surface area contributed by atoms with E-state index in [1.165, 1.54) is 11.3 Å². The Labute approximate surface area is 169 Å². The quantitative estimate of drug-likeness (QED) is 0.398. The third-order valence-electron chi connectivity index (χ3n) is 4.17. The van der Waals surface area contributed by atoms with Gasteiger partial charge in [0.15, 0.2) is 11.4 Å². The molecule has 0 radical (unpaired) electrons. The van der Waals surface area contributed by atoms with Crippen LogP contribution in [0.1, 0.15) is 15.9 Å². The molecule has 0 atom stereocenters. The first kappa shape index (κ1) is 18.5. The van der Waals surface area contributed by atoms with Crippen LogP contribution < -0.4 is 21.7 Å². The van der Waals surface area contributed by atoms with Crippen molar-refractivity contribution in [3.8, 4) is 0 Å². The van der Waals surface area contributed by atoms with Gasteiger partial charge in [0.2, 0.25) is 0 Å². The molecule has 0 aliphatic heterocycles. The lowest BCUT2D eigenvalue weighted by Gasteiger charge is -2.09. The Hall–Kier alpha value is -3.85. The number of nitrogen functional groups attached to an aromatic ring is 1. The summed E-state index contributed by atoms with van der Waals surface area (Å²) in [6.07, 6.45) is 0. The maximum Gasteiger partial charge on any atom is 0.320 e. The third-order valence-corrected chi connectivity index (χ3v) is 4.95. The zero-order valence-corrected chi connectivity index (χ0v) is 16.0. The van der Waals surface area contributed by atoms with Gasteiger partial charge in [0, 0.05) is 12.2 Å². The van der Waals surface area contributed by atoms with Gasteiger partial charge in [-0.3, -0.25) is 10.1 Å². The molecule has 0 saturated carbocycles. The van der Waals surface area contributed by atoms with Gasteiger partial charge in [0.25, 0.3) is 5.91 Å². The van der Waals surface area contributed by atoms with Crippen LogP contribution in [0.5, 0.6) is 0 Å². The van der Waals surface area contributed by atoms with Crippen LogP contribution in [0, 0.1) is 0 Å². The normalized spacial score (nSPS) is 10.6. The number of amides is 3. The Morgan fingerprint density at radius 2 is 1.93 bits per heavy atom. The van der Waals surface area contributed by atoms with Crippen LogP contribution in [0.4, 0.5) is 21.3 Å². The van der Waals surface area contributed by atoms with Crippen LogP contribution in [0.3, 0.4) is 0 Å². The molecule has 0 bridgehead atoms. The number of carbonyl (C=O) groups is 2. The largest absolute Gasteiger partial charge is 0.380 e. The first-order chi connectivity index (χ1) is 14.1. The van der Waals surface area contributed by atoms with Gasteiger partial charge in [0.05, 0.1) is 16.0 Å². The van der Waals surface area contributed by atoms with Gasteiger partial charge in [-0.2, -0.15) is 0 Å². The maximum absolute atomic E-state index is 12.7. The first-order valence-electron chi connectivity index (χ1n) is 8.72. The van der Waals surface area contributed by atoms with Gasteiger partial charge < -0.3 is 20.9 Å². The highest BCUT2D eigenvalue weighted by atomic mass is 32.1. The molecule has 2 aromatic heterocycles. The Balaban J connectivity index is 1.42. The number of aromatic nitrogens is 1. The fraction of sp³-hybridized carbons (Fsp3) is 0.0500. The molecule has 5 N–H and O–H groups in total. The van der Waals surface area contributed by atoms with Crippen LogP contribution in [0.15, 0.2) is 64.5 Å². The van der Waals surface area contributed by atoms with Crippen molar-refractivity contribution in [3.63, 3.8) is 0 Å². The number of anilines is 3. The number of nitrogens with two attached hydrogens (primary N) is 1. The summed E-state index contributed by atoms with van der Waals surface area (Å²) in [6.45, 7) is 0.315. The average molecular weight is 407 g/mol. The third kappa shape index (κ3) is 4.19. The fourth-order valence-corrected chi connectivity index (χ4v) is 3.46. The van der Waals surface area contributed by atoms with Crippen molar-refractivity contribution in [2.45, 2.75) is 6.54 Å². The molecule has 4 rings (SSSR count). The number of hydrogen-bond donors (Lipinski definition) is 4. The number of urea groups is 1. The number of fused-ring (bicyclic) bond motifs is 1. The first-order valence-corrected chi connectivity index (χ1v) is 9.60. The summed E-state index contributed by atoms with van der Waals surface area (Å²) in [6, 6.07) is 15.7. The number of benzene rings is 2. The van der Waals surface area contributed by atoms with E-state index in [-0.39, 0.29) is 17.8 Å². The van der Waals surface area contributed by atoms with Crippen molar-refractivity contribution in [1.29, 1.82) is 0 Å².